The van der Waals surface area contributed by atoms with Crippen LogP contribution in [-0.2, 0) is 17.1 Å². The maximum atomic E-state index is 13.2. The minimum atomic E-state index is -4.84. The van der Waals surface area contributed by atoms with E-state index in [1.165, 1.54) is 18.2 Å². The van der Waals surface area contributed by atoms with E-state index in [1.807, 2.05) is 4.90 Å². The zero-order valence-corrected chi connectivity index (χ0v) is 21.5. The Hall–Kier alpha value is -3.51. The van der Waals surface area contributed by atoms with E-state index in [1.54, 1.807) is 0 Å². The smallest absolute Gasteiger partial charge is 0.382 e. The number of rotatable bonds is 7. The molecule has 2 fully saturated rings. The van der Waals surface area contributed by atoms with Gasteiger partial charge in [0.25, 0.3) is 5.69 Å². The summed E-state index contributed by atoms with van der Waals surface area (Å²) in [5.41, 5.74) is -2.10. The number of nitrogens with zero attached hydrogens (tertiary/aromatic N) is 2. The van der Waals surface area contributed by atoms with Gasteiger partial charge in [0.05, 0.1) is 10.5 Å². The molecule has 2 aliphatic rings. The Morgan fingerprint density at radius 1 is 0.900 bits per heavy atom. The van der Waals surface area contributed by atoms with Crippen LogP contribution in [0.25, 0.3) is 0 Å². The van der Waals surface area contributed by atoms with Crippen molar-refractivity contribution in [1.29, 1.82) is 0 Å². The van der Waals surface area contributed by atoms with Crippen molar-refractivity contribution in [3.63, 3.8) is 0 Å². The highest BCUT2D eigenvalue weighted by Crippen LogP contribution is 2.38. The summed E-state index contributed by atoms with van der Waals surface area (Å²) >= 11 is 0. The van der Waals surface area contributed by atoms with Gasteiger partial charge in [-0.3, -0.25) is 14.9 Å². The summed E-state index contributed by atoms with van der Waals surface area (Å²) in [5, 5.41) is 17.0. The Kier molecular flexibility index (Phi) is 8.79. The molecule has 0 spiro atoms. The van der Waals surface area contributed by atoms with Crippen molar-refractivity contribution in [2.75, 3.05) is 29.9 Å². The van der Waals surface area contributed by atoms with Gasteiger partial charge in [0, 0.05) is 49.0 Å². The molecule has 4 rings (SSSR count). The molecule has 0 bridgehead atoms. The van der Waals surface area contributed by atoms with Crippen LogP contribution in [0.2, 0.25) is 0 Å². The first-order chi connectivity index (χ1) is 18.8. The number of amides is 1. The molecule has 0 unspecified atom stereocenters. The second-order valence-electron chi connectivity index (χ2n) is 10.4. The normalized spacial score (nSPS) is 20.7. The lowest BCUT2D eigenvalue weighted by molar-refractivity contribution is -0.388. The maximum Gasteiger partial charge on any atom is 0.423 e. The van der Waals surface area contributed by atoms with Crippen LogP contribution in [-0.4, -0.2) is 36.5 Å². The van der Waals surface area contributed by atoms with E-state index in [9.17, 15) is 41.3 Å². The lowest BCUT2D eigenvalue weighted by atomic mass is 9.85. The molecule has 2 N–H and O–H groups in total. The third-order valence-corrected chi connectivity index (χ3v) is 7.71. The number of benzene rings is 2. The molecule has 1 aliphatic carbocycles. The van der Waals surface area contributed by atoms with Crippen molar-refractivity contribution in [3.8, 4) is 0 Å². The number of carbonyl (C=O) groups excluding carboxylic acids is 1. The minimum absolute atomic E-state index is 0.0436. The minimum Gasteiger partial charge on any atom is -0.382 e. The quantitative estimate of drug-likeness (QED) is 0.221. The maximum absolute atomic E-state index is 13.2. The second kappa shape index (κ2) is 11.9. The van der Waals surface area contributed by atoms with Gasteiger partial charge in [0.1, 0.15) is 5.56 Å². The molecule has 1 heterocycles. The first-order valence-corrected chi connectivity index (χ1v) is 13.1. The lowest BCUT2D eigenvalue weighted by Crippen LogP contribution is -2.42. The topological polar surface area (TPSA) is 87.5 Å². The number of hydrogen-bond donors (Lipinski definition) is 2. The Bertz CT molecular complexity index is 1190. The zero-order chi connectivity index (χ0) is 29.1. The first kappa shape index (κ1) is 29.5. The van der Waals surface area contributed by atoms with E-state index < -0.39 is 34.1 Å². The largest absolute Gasteiger partial charge is 0.423 e. The third-order valence-electron chi connectivity index (χ3n) is 7.71. The van der Waals surface area contributed by atoms with Crippen LogP contribution in [0.15, 0.2) is 42.5 Å². The predicted molar refractivity (Wildman–Crippen MR) is 137 cm³/mol. The van der Waals surface area contributed by atoms with E-state index in [-0.39, 0.29) is 29.5 Å². The molecule has 2 aromatic rings. The van der Waals surface area contributed by atoms with E-state index in [2.05, 4.69) is 10.6 Å². The average molecular weight is 573 g/mol. The molecule has 2 aromatic carbocycles. The van der Waals surface area contributed by atoms with Crippen molar-refractivity contribution in [1.82, 2.24) is 5.32 Å². The van der Waals surface area contributed by atoms with Crippen LogP contribution in [0.5, 0.6) is 0 Å². The first-order valence-electron chi connectivity index (χ1n) is 13.1. The van der Waals surface area contributed by atoms with E-state index in [0.717, 1.165) is 37.1 Å². The Labute approximate surface area is 227 Å². The number of carbonyl (C=O) groups is 1. The number of hydrogen-bond acceptors (Lipinski definition) is 5. The van der Waals surface area contributed by atoms with E-state index in [4.69, 9.17) is 0 Å². The predicted octanol–water partition coefficient (Wildman–Crippen LogP) is 6.64. The van der Waals surface area contributed by atoms with Gasteiger partial charge < -0.3 is 15.5 Å². The van der Waals surface area contributed by atoms with Crippen molar-refractivity contribution < 1.29 is 36.1 Å². The highest BCUT2D eigenvalue weighted by molar-refractivity contribution is 5.79. The summed E-state index contributed by atoms with van der Waals surface area (Å²) in [4.78, 5) is 24.6. The fraction of sp³-hybridized carbons (Fsp3) is 0.519. The summed E-state index contributed by atoms with van der Waals surface area (Å²) in [6.07, 6.45) is -5.12. The summed E-state index contributed by atoms with van der Waals surface area (Å²) < 4.78 is 78.1. The molecule has 1 amide bonds. The number of halogens is 6. The van der Waals surface area contributed by atoms with Crippen LogP contribution >= 0.6 is 0 Å². The molecule has 218 valence electrons. The van der Waals surface area contributed by atoms with Gasteiger partial charge in [-0.25, -0.2) is 0 Å². The summed E-state index contributed by atoms with van der Waals surface area (Å²) in [6, 6.07) is 7.85. The Balaban J connectivity index is 1.19. The standard InChI is InChI=1S/C27H30F6N4O3/c28-26(29,30)19-3-8-22(9-4-19)36-13-11-18(12-14-36)25(38)34-16-17-1-5-20(6-2-17)35-21-7-10-24(37(39)40)23(15-21)27(31,32)33/h3-4,7-10,15,17-18,20,35H,1-2,5-6,11-14,16H2,(H,34,38)/t17-,20-. The lowest BCUT2D eigenvalue weighted by Gasteiger charge is -2.34. The molecule has 7 nitrogen and oxygen atoms in total. The highest BCUT2D eigenvalue weighted by Gasteiger charge is 2.38. The number of alkyl halides is 6. The van der Waals surface area contributed by atoms with Crippen molar-refractivity contribution in [2.45, 2.75) is 56.9 Å². The molecule has 0 aromatic heterocycles. The van der Waals surface area contributed by atoms with Crippen LogP contribution in [0.1, 0.15) is 49.7 Å². The van der Waals surface area contributed by atoms with Gasteiger partial charge in [0.15, 0.2) is 0 Å². The number of piperidine rings is 1. The summed E-state index contributed by atoms with van der Waals surface area (Å²) in [6.45, 7) is 1.64. The van der Waals surface area contributed by atoms with Crippen molar-refractivity contribution in [2.24, 2.45) is 11.8 Å². The molecular weight excluding hydrogens is 542 g/mol. The monoisotopic (exact) mass is 572 g/mol. The number of nitrogens with one attached hydrogen (secondary N) is 2. The summed E-state index contributed by atoms with van der Waals surface area (Å²) in [5.74, 6) is 0.0170. The Morgan fingerprint density at radius 3 is 2.08 bits per heavy atom. The SMILES string of the molecule is O=C(NC[C@H]1CC[C@H](Nc2ccc([N+](=O)[O-])c(C(F)(F)F)c2)CC1)C1CCN(c2ccc(C(F)(F)F)cc2)CC1. The molecule has 40 heavy (non-hydrogen) atoms. The second-order valence-corrected chi connectivity index (χ2v) is 10.4. The van der Waals surface area contributed by atoms with Crippen molar-refractivity contribution >= 4 is 23.0 Å². The Morgan fingerprint density at radius 2 is 1.52 bits per heavy atom. The molecule has 0 atom stereocenters. The fourth-order valence-electron chi connectivity index (χ4n) is 5.41. The van der Waals surface area contributed by atoms with E-state index in [0.29, 0.717) is 51.0 Å². The molecule has 1 saturated carbocycles. The fourth-order valence-corrected chi connectivity index (χ4v) is 5.41. The van der Waals surface area contributed by atoms with Gasteiger partial charge in [-0.2, -0.15) is 26.3 Å². The van der Waals surface area contributed by atoms with Gasteiger partial charge >= 0.3 is 12.4 Å². The highest BCUT2D eigenvalue weighted by atomic mass is 19.4. The van der Waals surface area contributed by atoms with Gasteiger partial charge in [-0.1, -0.05) is 0 Å². The van der Waals surface area contributed by atoms with Gasteiger partial charge in [0.2, 0.25) is 5.91 Å². The van der Waals surface area contributed by atoms with E-state index >= 15 is 0 Å². The van der Waals surface area contributed by atoms with Crippen LogP contribution in [0.3, 0.4) is 0 Å². The van der Waals surface area contributed by atoms with Crippen LogP contribution in [0, 0.1) is 22.0 Å². The van der Waals surface area contributed by atoms with Crippen LogP contribution in [0.4, 0.5) is 43.4 Å². The number of anilines is 2. The average Bonchev–Trinajstić information content (AvgIpc) is 2.91. The zero-order valence-electron chi connectivity index (χ0n) is 21.5. The molecular formula is C27H30F6N4O3. The molecule has 13 heteroatoms. The summed E-state index contributed by atoms with van der Waals surface area (Å²) in [7, 11) is 0. The van der Waals surface area contributed by atoms with Crippen molar-refractivity contribution in [3.05, 3.63) is 63.7 Å². The molecule has 0 radical (unpaired) electrons. The van der Waals surface area contributed by atoms with Gasteiger partial charge in [-0.05, 0) is 80.8 Å². The number of nitro benzene ring substituents is 1. The molecule has 1 saturated heterocycles. The van der Waals surface area contributed by atoms with Gasteiger partial charge in [-0.15, -0.1) is 0 Å². The van der Waals surface area contributed by atoms with Crippen LogP contribution < -0.4 is 15.5 Å². The third kappa shape index (κ3) is 7.36. The number of nitro groups is 1. The molecule has 1 aliphatic heterocycles.